The van der Waals surface area contributed by atoms with Crippen molar-refractivity contribution < 1.29 is 4.79 Å². The number of carbonyl (C=O) groups is 1. The molecule has 3 unspecified atom stereocenters. The largest absolute Gasteiger partial charge is 0.294 e. The second kappa shape index (κ2) is 4.57. The molecule has 1 rings (SSSR count). The molecule has 0 spiro atoms. The van der Waals surface area contributed by atoms with Gasteiger partial charge in [-0.2, -0.15) is 0 Å². The first-order valence-corrected chi connectivity index (χ1v) is 6.17. The molecule has 0 amide bonds. The second-order valence-electron chi connectivity index (χ2n) is 5.77. The predicted molar refractivity (Wildman–Crippen MR) is 69.2 cm³/mol. The molecule has 1 fully saturated rings. The van der Waals surface area contributed by atoms with Crippen LogP contribution in [0, 0.1) is 23.2 Å². The molecule has 0 aromatic heterocycles. The molecule has 0 N–H and O–H groups in total. The quantitative estimate of drug-likeness (QED) is 0.507. The molecule has 1 saturated carbocycles. The third-order valence-corrected chi connectivity index (χ3v) is 4.34. The van der Waals surface area contributed by atoms with Crippen molar-refractivity contribution in [1.29, 1.82) is 0 Å². The molecule has 0 aromatic rings. The summed E-state index contributed by atoms with van der Waals surface area (Å²) in [4.78, 5) is 12.2. The molecule has 16 heavy (non-hydrogen) atoms. The van der Waals surface area contributed by atoms with Crippen molar-refractivity contribution >= 4 is 5.78 Å². The summed E-state index contributed by atoms with van der Waals surface area (Å²) < 4.78 is 0. The second-order valence-corrected chi connectivity index (χ2v) is 5.77. The zero-order valence-corrected chi connectivity index (χ0v) is 11.2. The highest BCUT2D eigenvalue weighted by Crippen LogP contribution is 2.49. The Morgan fingerprint density at radius 2 is 2.00 bits per heavy atom. The van der Waals surface area contributed by atoms with E-state index in [1.165, 1.54) is 0 Å². The van der Waals surface area contributed by atoms with Gasteiger partial charge < -0.3 is 0 Å². The van der Waals surface area contributed by atoms with Gasteiger partial charge in [-0.25, -0.2) is 0 Å². The Bertz CT molecular complexity index is 322. The molecule has 0 aliphatic heterocycles. The predicted octanol–water partition coefficient (Wildman–Crippen LogP) is 4.01. The molecular formula is C15H24O. The van der Waals surface area contributed by atoms with Crippen LogP contribution >= 0.6 is 0 Å². The Morgan fingerprint density at radius 3 is 2.50 bits per heavy atom. The van der Waals surface area contributed by atoms with E-state index in [4.69, 9.17) is 0 Å². The fraction of sp³-hybridized carbons (Fsp3) is 0.667. The summed E-state index contributed by atoms with van der Waals surface area (Å²) in [6.07, 6.45) is 4.67. The van der Waals surface area contributed by atoms with E-state index in [1.807, 2.05) is 13.0 Å². The zero-order chi connectivity index (χ0) is 12.5. The minimum atomic E-state index is -0.0116. The normalized spacial score (nSPS) is 34.3. The van der Waals surface area contributed by atoms with Crippen molar-refractivity contribution in [1.82, 2.24) is 0 Å². The number of rotatable bonds is 2. The van der Waals surface area contributed by atoms with Gasteiger partial charge in [0.05, 0.1) is 0 Å². The highest BCUT2D eigenvalue weighted by atomic mass is 16.1. The van der Waals surface area contributed by atoms with Gasteiger partial charge in [-0.05, 0) is 36.7 Å². The van der Waals surface area contributed by atoms with E-state index in [0.717, 1.165) is 12.0 Å². The molecule has 90 valence electrons. The maximum absolute atomic E-state index is 12.2. The minimum absolute atomic E-state index is 0.0116. The summed E-state index contributed by atoms with van der Waals surface area (Å²) in [6.45, 7) is 14.9. The van der Waals surface area contributed by atoms with Gasteiger partial charge in [0.2, 0.25) is 0 Å². The number of ketones is 1. The summed E-state index contributed by atoms with van der Waals surface area (Å²) in [5, 5.41) is 0. The highest BCUT2D eigenvalue weighted by Gasteiger charge is 2.45. The van der Waals surface area contributed by atoms with Crippen molar-refractivity contribution in [2.45, 2.75) is 41.0 Å². The number of carbonyl (C=O) groups excluding carboxylic acids is 1. The molecule has 0 heterocycles. The third-order valence-electron chi connectivity index (χ3n) is 4.34. The van der Waals surface area contributed by atoms with Crippen molar-refractivity contribution in [2.24, 2.45) is 23.2 Å². The fourth-order valence-corrected chi connectivity index (χ4v) is 2.84. The third kappa shape index (κ3) is 2.14. The summed E-state index contributed by atoms with van der Waals surface area (Å²) in [7, 11) is 0. The van der Waals surface area contributed by atoms with E-state index >= 15 is 0 Å². The number of hydrogen-bond donors (Lipinski definition) is 0. The lowest BCUT2D eigenvalue weighted by molar-refractivity contribution is -0.122. The van der Waals surface area contributed by atoms with Gasteiger partial charge in [-0.15, -0.1) is 0 Å². The van der Waals surface area contributed by atoms with Gasteiger partial charge in [-0.1, -0.05) is 45.9 Å². The molecule has 1 heteroatoms. The van der Waals surface area contributed by atoms with E-state index < -0.39 is 0 Å². The van der Waals surface area contributed by atoms with Crippen molar-refractivity contribution in [2.75, 3.05) is 0 Å². The number of hydrogen-bond acceptors (Lipinski definition) is 1. The maximum Gasteiger partial charge on any atom is 0.163 e. The van der Waals surface area contributed by atoms with Gasteiger partial charge in [-0.3, -0.25) is 4.79 Å². The van der Waals surface area contributed by atoms with Crippen LogP contribution in [0.2, 0.25) is 0 Å². The first-order chi connectivity index (χ1) is 7.32. The van der Waals surface area contributed by atoms with Gasteiger partial charge in [0, 0.05) is 5.92 Å². The SMILES string of the molecule is C=C1C(C)CC(C)C(C)(C)C1C(=O)/C=C/C. The molecular weight excluding hydrogens is 196 g/mol. The van der Waals surface area contributed by atoms with E-state index in [0.29, 0.717) is 11.8 Å². The first kappa shape index (κ1) is 13.2. The van der Waals surface area contributed by atoms with Crippen LogP contribution in [-0.4, -0.2) is 5.78 Å². The van der Waals surface area contributed by atoms with Crippen LogP contribution in [-0.2, 0) is 4.79 Å². The lowest BCUT2D eigenvalue weighted by Crippen LogP contribution is -2.43. The van der Waals surface area contributed by atoms with Crippen LogP contribution in [0.4, 0.5) is 0 Å². The molecule has 0 saturated heterocycles. The van der Waals surface area contributed by atoms with Gasteiger partial charge >= 0.3 is 0 Å². The summed E-state index contributed by atoms with van der Waals surface area (Å²) in [5.74, 6) is 1.23. The molecule has 0 radical (unpaired) electrons. The Balaban J connectivity index is 3.09. The molecule has 3 atom stereocenters. The fourth-order valence-electron chi connectivity index (χ4n) is 2.84. The van der Waals surface area contributed by atoms with Crippen LogP contribution in [0.5, 0.6) is 0 Å². The van der Waals surface area contributed by atoms with E-state index in [-0.39, 0.29) is 17.1 Å². The Hall–Kier alpha value is -0.850. The van der Waals surface area contributed by atoms with Crippen molar-refractivity contribution in [3.8, 4) is 0 Å². The minimum Gasteiger partial charge on any atom is -0.294 e. The van der Waals surface area contributed by atoms with Crippen molar-refractivity contribution in [3.05, 3.63) is 24.3 Å². The average Bonchev–Trinajstić information content (AvgIpc) is 2.15. The Kier molecular flexibility index (Phi) is 3.77. The van der Waals surface area contributed by atoms with Crippen LogP contribution in [0.1, 0.15) is 41.0 Å². The Morgan fingerprint density at radius 1 is 1.44 bits per heavy atom. The summed E-state index contributed by atoms with van der Waals surface area (Å²) in [5.41, 5.74) is 1.14. The van der Waals surface area contributed by atoms with Crippen LogP contribution in [0.25, 0.3) is 0 Å². The lowest BCUT2D eigenvalue weighted by atomic mass is 9.57. The lowest BCUT2D eigenvalue weighted by Gasteiger charge is -2.46. The summed E-state index contributed by atoms with van der Waals surface area (Å²) in [6, 6.07) is 0. The number of allylic oxidation sites excluding steroid dienone is 3. The van der Waals surface area contributed by atoms with E-state index in [2.05, 4.69) is 34.3 Å². The summed E-state index contributed by atoms with van der Waals surface area (Å²) >= 11 is 0. The topological polar surface area (TPSA) is 17.1 Å². The van der Waals surface area contributed by atoms with Crippen LogP contribution < -0.4 is 0 Å². The zero-order valence-electron chi connectivity index (χ0n) is 11.2. The van der Waals surface area contributed by atoms with Gasteiger partial charge in [0.25, 0.3) is 0 Å². The highest BCUT2D eigenvalue weighted by molar-refractivity contribution is 5.94. The van der Waals surface area contributed by atoms with E-state index in [9.17, 15) is 4.79 Å². The van der Waals surface area contributed by atoms with E-state index in [1.54, 1.807) is 6.08 Å². The maximum atomic E-state index is 12.2. The first-order valence-electron chi connectivity index (χ1n) is 6.17. The van der Waals surface area contributed by atoms with Crippen LogP contribution in [0.15, 0.2) is 24.3 Å². The monoisotopic (exact) mass is 220 g/mol. The van der Waals surface area contributed by atoms with Crippen LogP contribution in [0.3, 0.4) is 0 Å². The molecule has 0 aromatic carbocycles. The molecule has 0 bridgehead atoms. The Labute approximate surface area is 99.6 Å². The molecule has 1 aliphatic rings. The average molecular weight is 220 g/mol. The standard InChI is InChI=1S/C15H24O/c1-7-8-13(16)14-12(4)10(2)9-11(3)15(14,5)6/h7-8,10-11,14H,4,9H2,1-3,5-6H3/b8-7+. The van der Waals surface area contributed by atoms with Crippen molar-refractivity contribution in [3.63, 3.8) is 0 Å². The smallest absolute Gasteiger partial charge is 0.163 e. The van der Waals surface area contributed by atoms with Gasteiger partial charge in [0.1, 0.15) is 0 Å². The van der Waals surface area contributed by atoms with Gasteiger partial charge in [0.15, 0.2) is 5.78 Å². The molecule has 1 nitrogen and oxygen atoms in total. The molecule has 1 aliphatic carbocycles.